The fourth-order valence-corrected chi connectivity index (χ4v) is 9.83. The minimum atomic E-state index is -5.02. The maximum atomic E-state index is 12.9. The van der Waals surface area contributed by atoms with Gasteiger partial charge in [0.05, 0.1) is 13.2 Å². The number of aliphatic hydroxyl groups excluding tert-OH is 5. The number of aliphatic hydroxyl groups is 5. The van der Waals surface area contributed by atoms with Crippen LogP contribution in [0.1, 0.15) is 258 Å². The van der Waals surface area contributed by atoms with Crippen LogP contribution in [0.25, 0.3) is 0 Å². The molecule has 0 amide bonds. The Hall–Kier alpha value is -1.18. The number of esters is 1. The zero-order chi connectivity index (χ0) is 49.8. The maximum absolute atomic E-state index is 12.9. The molecule has 1 aliphatic rings. The Morgan fingerprint density at radius 2 is 0.824 bits per heavy atom. The molecule has 0 aliphatic heterocycles. The van der Waals surface area contributed by atoms with E-state index in [1.165, 1.54) is 173 Å². The summed E-state index contributed by atoms with van der Waals surface area (Å²) in [6, 6.07) is 0. The second-order valence-electron chi connectivity index (χ2n) is 19.8. The molecule has 0 heterocycles. The van der Waals surface area contributed by atoms with E-state index in [-0.39, 0.29) is 13.0 Å². The molecule has 0 aromatic rings. The summed E-state index contributed by atoms with van der Waals surface area (Å²) in [5.41, 5.74) is 0. The van der Waals surface area contributed by atoms with Gasteiger partial charge in [-0.3, -0.25) is 13.8 Å². The third-order valence-electron chi connectivity index (χ3n) is 13.3. The number of unbranched alkanes of at least 4 members (excludes halogenated alkanes) is 33. The molecule has 0 radical (unpaired) electrons. The predicted molar refractivity (Wildman–Crippen MR) is 276 cm³/mol. The smallest absolute Gasteiger partial charge is 0.457 e. The quantitative estimate of drug-likeness (QED) is 0.0146. The molecule has 12 nitrogen and oxygen atoms in total. The van der Waals surface area contributed by atoms with Crippen LogP contribution in [0.4, 0.5) is 0 Å². The second-order valence-corrected chi connectivity index (χ2v) is 21.2. The van der Waals surface area contributed by atoms with E-state index in [9.17, 15) is 39.8 Å². The van der Waals surface area contributed by atoms with E-state index in [1.807, 2.05) is 0 Å². The summed E-state index contributed by atoms with van der Waals surface area (Å²) in [6.07, 6.45) is 42.5. The van der Waals surface area contributed by atoms with Gasteiger partial charge in [-0.15, -0.1) is 0 Å². The molecule has 13 heteroatoms. The van der Waals surface area contributed by atoms with Crippen LogP contribution < -0.4 is 0 Å². The predicted octanol–water partition coefficient (Wildman–Crippen LogP) is 13.2. The molecule has 1 saturated carbocycles. The van der Waals surface area contributed by atoms with Gasteiger partial charge in [0.15, 0.2) is 0 Å². The van der Waals surface area contributed by atoms with Crippen LogP contribution in [-0.4, -0.2) is 98.9 Å². The van der Waals surface area contributed by atoms with E-state index in [2.05, 4.69) is 38.2 Å². The van der Waals surface area contributed by atoms with Crippen molar-refractivity contribution in [1.82, 2.24) is 0 Å². The molecular weight excluding hydrogens is 884 g/mol. The third kappa shape index (κ3) is 36.7. The first-order valence-corrected chi connectivity index (χ1v) is 29.7. The summed E-state index contributed by atoms with van der Waals surface area (Å²) in [7, 11) is -5.02. The fraction of sp³-hybridized carbons (Fsp3) is 0.909. The molecule has 68 heavy (non-hydrogen) atoms. The highest BCUT2D eigenvalue weighted by molar-refractivity contribution is 7.47. The van der Waals surface area contributed by atoms with Gasteiger partial charge >= 0.3 is 13.8 Å². The first-order valence-electron chi connectivity index (χ1n) is 28.2. The van der Waals surface area contributed by atoms with Crippen molar-refractivity contribution in [2.45, 2.75) is 301 Å². The zero-order valence-electron chi connectivity index (χ0n) is 43.4. The van der Waals surface area contributed by atoms with E-state index in [4.69, 9.17) is 18.5 Å². The standard InChI is InChI=1S/C55H105O12P/c1-3-5-7-9-11-13-15-17-19-21-23-24-25-26-27-28-30-32-34-36-38-40-42-44-49(56)66-48(47-65-68(62,63)67-55-53(60)51(58)50(57)52(59)54(55)61)46-64-45-43-41-39-37-35-33-31-29-22-20-18-16-14-12-10-8-6-4-2/h12,14,18,20,48,50-55,57-61H,3-11,13,15-17,19,21-47H2,1-2H3,(H,62,63)/b14-12-,20-18-. The number of rotatable bonds is 49. The number of carbonyl (C=O) groups is 1. The first-order chi connectivity index (χ1) is 33.0. The van der Waals surface area contributed by atoms with E-state index < -0.39 is 63.1 Å². The van der Waals surface area contributed by atoms with Gasteiger partial charge in [-0.05, 0) is 44.9 Å². The lowest BCUT2D eigenvalue weighted by atomic mass is 9.85. The van der Waals surface area contributed by atoms with Crippen molar-refractivity contribution in [3.05, 3.63) is 24.3 Å². The lowest BCUT2D eigenvalue weighted by molar-refractivity contribution is -0.220. The Bertz CT molecular complexity index is 1220. The Morgan fingerprint density at radius 1 is 0.471 bits per heavy atom. The highest BCUT2D eigenvalue weighted by Crippen LogP contribution is 2.47. The Morgan fingerprint density at radius 3 is 1.26 bits per heavy atom. The van der Waals surface area contributed by atoms with Crippen molar-refractivity contribution in [3.63, 3.8) is 0 Å². The third-order valence-corrected chi connectivity index (χ3v) is 14.3. The Kier molecular flexibility index (Phi) is 43.5. The Balaban J connectivity index is 2.28. The maximum Gasteiger partial charge on any atom is 0.472 e. The molecule has 1 aliphatic carbocycles. The van der Waals surface area contributed by atoms with Gasteiger partial charge in [-0.25, -0.2) is 4.57 Å². The number of phosphoric ester groups is 1. The van der Waals surface area contributed by atoms with Crippen LogP contribution >= 0.6 is 7.82 Å². The van der Waals surface area contributed by atoms with Gasteiger partial charge in [-0.1, -0.05) is 231 Å². The van der Waals surface area contributed by atoms with Crippen molar-refractivity contribution in [3.8, 4) is 0 Å². The molecule has 6 unspecified atom stereocenters. The molecule has 1 fully saturated rings. The summed E-state index contributed by atoms with van der Waals surface area (Å²) in [5.74, 6) is -0.473. The molecular formula is C55H105O12P. The number of carbonyl (C=O) groups excluding carboxylic acids is 1. The average molecular weight is 989 g/mol. The molecule has 6 atom stereocenters. The summed E-state index contributed by atoms with van der Waals surface area (Å²) < 4.78 is 34.4. The summed E-state index contributed by atoms with van der Waals surface area (Å²) >= 11 is 0. The number of allylic oxidation sites excluding steroid dienone is 4. The van der Waals surface area contributed by atoms with E-state index in [0.29, 0.717) is 13.0 Å². The average Bonchev–Trinajstić information content (AvgIpc) is 3.32. The number of hydrogen-bond donors (Lipinski definition) is 6. The van der Waals surface area contributed by atoms with Gasteiger partial charge in [0, 0.05) is 13.0 Å². The van der Waals surface area contributed by atoms with Crippen molar-refractivity contribution < 1.29 is 58.3 Å². The topological polar surface area (TPSA) is 192 Å². The highest BCUT2D eigenvalue weighted by Gasteiger charge is 2.51. The number of ether oxygens (including phenoxy) is 2. The van der Waals surface area contributed by atoms with Crippen molar-refractivity contribution >= 4 is 13.8 Å². The number of phosphoric acid groups is 1. The van der Waals surface area contributed by atoms with Crippen LogP contribution in [0, 0.1) is 0 Å². The largest absolute Gasteiger partial charge is 0.472 e. The normalized spacial score (nSPS) is 21.2. The minimum absolute atomic E-state index is 0.0763. The molecule has 0 spiro atoms. The van der Waals surface area contributed by atoms with Crippen LogP contribution in [0.15, 0.2) is 24.3 Å². The van der Waals surface area contributed by atoms with Gasteiger partial charge in [0.2, 0.25) is 0 Å². The first kappa shape index (κ1) is 64.8. The van der Waals surface area contributed by atoms with Crippen LogP contribution in [-0.2, 0) is 27.9 Å². The lowest BCUT2D eigenvalue weighted by Crippen LogP contribution is -2.64. The van der Waals surface area contributed by atoms with Crippen LogP contribution in [0.3, 0.4) is 0 Å². The fourth-order valence-electron chi connectivity index (χ4n) is 8.86. The van der Waals surface area contributed by atoms with Crippen molar-refractivity contribution in [2.75, 3.05) is 19.8 Å². The van der Waals surface area contributed by atoms with E-state index in [0.717, 1.165) is 57.8 Å². The second kappa shape index (κ2) is 45.7. The number of hydrogen-bond acceptors (Lipinski definition) is 11. The monoisotopic (exact) mass is 989 g/mol. The van der Waals surface area contributed by atoms with Gasteiger partial charge in [-0.2, -0.15) is 0 Å². The van der Waals surface area contributed by atoms with Crippen molar-refractivity contribution in [2.24, 2.45) is 0 Å². The molecule has 1 rings (SSSR count). The lowest BCUT2D eigenvalue weighted by Gasteiger charge is -2.41. The van der Waals surface area contributed by atoms with Crippen LogP contribution in [0.5, 0.6) is 0 Å². The molecule has 0 saturated heterocycles. The summed E-state index contributed by atoms with van der Waals surface area (Å²) in [6.45, 7) is 4.28. The Labute approximate surface area is 415 Å². The minimum Gasteiger partial charge on any atom is -0.457 e. The summed E-state index contributed by atoms with van der Waals surface area (Å²) in [5, 5.41) is 50.4. The summed E-state index contributed by atoms with van der Waals surface area (Å²) in [4.78, 5) is 23.3. The van der Waals surface area contributed by atoms with E-state index in [1.54, 1.807) is 0 Å². The molecule has 0 bridgehead atoms. The van der Waals surface area contributed by atoms with E-state index >= 15 is 0 Å². The van der Waals surface area contributed by atoms with Crippen molar-refractivity contribution in [1.29, 1.82) is 0 Å². The SMILES string of the molecule is CCCCC/C=C\C/C=C\CCCCCCCCCCOCC(COP(=O)(O)OC1C(O)C(O)C(O)C(O)C1O)OC(=O)CCCCCCCCCCCCCCCCCCCCCCCCC. The molecule has 402 valence electrons. The van der Waals surface area contributed by atoms with Gasteiger partial charge in [0.1, 0.15) is 42.7 Å². The zero-order valence-corrected chi connectivity index (χ0v) is 44.3. The molecule has 0 aromatic carbocycles. The highest BCUT2D eigenvalue weighted by atomic mass is 31.2. The molecule has 0 aromatic heterocycles. The van der Waals surface area contributed by atoms with Crippen LogP contribution in [0.2, 0.25) is 0 Å². The van der Waals surface area contributed by atoms with Gasteiger partial charge < -0.3 is 39.9 Å². The van der Waals surface area contributed by atoms with Gasteiger partial charge in [0.25, 0.3) is 0 Å². The molecule has 6 N–H and O–H groups in total.